The van der Waals surface area contributed by atoms with Crippen LogP contribution in [0.5, 0.6) is 0 Å². The molecule has 0 bridgehead atoms. The predicted molar refractivity (Wildman–Crippen MR) is 94.5 cm³/mol. The van der Waals surface area contributed by atoms with Crippen LogP contribution >= 0.6 is 11.3 Å². The van der Waals surface area contributed by atoms with E-state index in [2.05, 4.69) is 29.3 Å². The van der Waals surface area contributed by atoms with E-state index in [4.69, 9.17) is 5.73 Å². The van der Waals surface area contributed by atoms with Crippen LogP contribution in [0.3, 0.4) is 0 Å². The SMILES string of the molecule is CN(C)CC1CC(NC(=O)c2ccc(N)c(-c3nccs3)c2)C1. The first-order valence-electron chi connectivity index (χ1n) is 7.78. The zero-order valence-corrected chi connectivity index (χ0v) is 14.3. The molecule has 6 heteroatoms. The van der Waals surface area contributed by atoms with Crippen LogP contribution in [0.15, 0.2) is 29.8 Å². The van der Waals surface area contributed by atoms with Crippen LogP contribution in [0.4, 0.5) is 5.69 Å². The van der Waals surface area contributed by atoms with Gasteiger partial charge >= 0.3 is 0 Å². The van der Waals surface area contributed by atoms with E-state index >= 15 is 0 Å². The number of nitrogens with zero attached hydrogens (tertiary/aromatic N) is 2. The monoisotopic (exact) mass is 330 g/mol. The Balaban J connectivity index is 1.64. The number of anilines is 1. The molecule has 0 saturated heterocycles. The lowest BCUT2D eigenvalue weighted by molar-refractivity contribution is 0.0875. The minimum atomic E-state index is -0.0314. The van der Waals surface area contributed by atoms with Crippen LogP contribution < -0.4 is 11.1 Å². The smallest absolute Gasteiger partial charge is 0.251 e. The maximum absolute atomic E-state index is 12.4. The molecular weight excluding hydrogens is 308 g/mol. The van der Waals surface area contributed by atoms with Crippen LogP contribution in [-0.4, -0.2) is 42.5 Å². The van der Waals surface area contributed by atoms with E-state index in [-0.39, 0.29) is 11.9 Å². The van der Waals surface area contributed by atoms with E-state index < -0.39 is 0 Å². The first-order chi connectivity index (χ1) is 11.0. The lowest BCUT2D eigenvalue weighted by atomic mass is 9.80. The van der Waals surface area contributed by atoms with Gasteiger partial charge in [-0.15, -0.1) is 11.3 Å². The van der Waals surface area contributed by atoms with Crippen LogP contribution in [0.2, 0.25) is 0 Å². The highest BCUT2D eigenvalue weighted by Gasteiger charge is 2.30. The number of thiazole rings is 1. The summed E-state index contributed by atoms with van der Waals surface area (Å²) in [6, 6.07) is 5.67. The zero-order chi connectivity index (χ0) is 16.4. The number of nitrogens with two attached hydrogens (primary N) is 1. The summed E-state index contributed by atoms with van der Waals surface area (Å²) >= 11 is 1.52. The Labute approximate surface area is 140 Å². The number of hydrogen-bond acceptors (Lipinski definition) is 5. The first kappa shape index (κ1) is 16.0. The molecule has 5 nitrogen and oxygen atoms in total. The highest BCUT2D eigenvalue weighted by Crippen LogP contribution is 2.30. The maximum atomic E-state index is 12.4. The molecule has 1 aliphatic carbocycles. The second-order valence-corrected chi connectivity index (χ2v) is 7.30. The molecule has 23 heavy (non-hydrogen) atoms. The van der Waals surface area contributed by atoms with Crippen molar-refractivity contribution in [3.63, 3.8) is 0 Å². The van der Waals surface area contributed by atoms with Gasteiger partial charge in [-0.05, 0) is 51.1 Å². The standard InChI is InChI=1S/C17H22N4OS/c1-21(2)10-11-7-13(8-11)20-16(22)12-3-4-15(18)14(9-12)17-19-5-6-23-17/h3-6,9,11,13H,7-8,10,18H2,1-2H3,(H,20,22). The summed E-state index contributed by atoms with van der Waals surface area (Å²) in [7, 11) is 4.17. The maximum Gasteiger partial charge on any atom is 0.251 e. The average molecular weight is 330 g/mol. The number of nitrogens with one attached hydrogen (secondary N) is 1. The van der Waals surface area contributed by atoms with Gasteiger partial charge in [-0.2, -0.15) is 0 Å². The van der Waals surface area contributed by atoms with Gasteiger partial charge in [0, 0.05) is 41.0 Å². The van der Waals surface area contributed by atoms with Crippen molar-refractivity contribution in [2.24, 2.45) is 5.92 Å². The van der Waals surface area contributed by atoms with Crippen molar-refractivity contribution in [3.8, 4) is 10.6 Å². The number of aromatic nitrogens is 1. The Morgan fingerprint density at radius 2 is 2.22 bits per heavy atom. The number of amides is 1. The summed E-state index contributed by atoms with van der Waals surface area (Å²) in [4.78, 5) is 18.9. The molecule has 1 fully saturated rings. The van der Waals surface area contributed by atoms with Gasteiger partial charge in [-0.1, -0.05) is 0 Å². The molecule has 0 radical (unpaired) electrons. The van der Waals surface area contributed by atoms with Gasteiger partial charge in [0.25, 0.3) is 5.91 Å². The van der Waals surface area contributed by atoms with Gasteiger partial charge in [-0.25, -0.2) is 4.98 Å². The Bertz CT molecular complexity index is 678. The van der Waals surface area contributed by atoms with Crippen LogP contribution in [-0.2, 0) is 0 Å². The Morgan fingerprint density at radius 3 is 2.87 bits per heavy atom. The van der Waals surface area contributed by atoms with Crippen molar-refractivity contribution in [3.05, 3.63) is 35.3 Å². The fourth-order valence-corrected chi connectivity index (χ4v) is 3.70. The molecule has 1 aromatic carbocycles. The molecule has 1 saturated carbocycles. The van der Waals surface area contributed by atoms with Gasteiger partial charge in [-0.3, -0.25) is 4.79 Å². The third-order valence-electron chi connectivity index (χ3n) is 4.17. The van der Waals surface area contributed by atoms with Crippen LogP contribution in [0.25, 0.3) is 10.6 Å². The number of benzene rings is 1. The second kappa shape index (κ2) is 6.68. The normalized spacial score (nSPS) is 20.3. The minimum absolute atomic E-state index is 0.0314. The lowest BCUT2D eigenvalue weighted by Crippen LogP contribution is -2.46. The van der Waals surface area contributed by atoms with Crippen molar-refractivity contribution >= 4 is 22.9 Å². The van der Waals surface area contributed by atoms with Gasteiger partial charge < -0.3 is 16.0 Å². The quantitative estimate of drug-likeness (QED) is 0.826. The molecule has 1 heterocycles. The van der Waals surface area contributed by atoms with Crippen molar-refractivity contribution in [1.82, 2.24) is 15.2 Å². The lowest BCUT2D eigenvalue weighted by Gasteiger charge is -2.37. The molecule has 3 rings (SSSR count). The minimum Gasteiger partial charge on any atom is -0.398 e. The summed E-state index contributed by atoms with van der Waals surface area (Å²) in [5, 5.41) is 5.86. The highest BCUT2D eigenvalue weighted by atomic mass is 32.1. The summed E-state index contributed by atoms with van der Waals surface area (Å²) < 4.78 is 0. The molecule has 1 aliphatic rings. The van der Waals surface area contributed by atoms with E-state index in [1.807, 2.05) is 11.4 Å². The Kier molecular flexibility index (Phi) is 4.63. The van der Waals surface area contributed by atoms with Gasteiger partial charge in [0.1, 0.15) is 5.01 Å². The fourth-order valence-electron chi connectivity index (χ4n) is 3.03. The molecular formula is C17H22N4OS. The molecule has 0 atom stereocenters. The molecule has 122 valence electrons. The van der Waals surface area contributed by atoms with Crippen LogP contribution in [0, 0.1) is 5.92 Å². The van der Waals surface area contributed by atoms with E-state index in [9.17, 15) is 4.79 Å². The third kappa shape index (κ3) is 3.71. The largest absolute Gasteiger partial charge is 0.398 e. The van der Waals surface area contributed by atoms with Gasteiger partial charge in [0.15, 0.2) is 0 Å². The molecule has 3 N–H and O–H groups in total. The van der Waals surface area contributed by atoms with Gasteiger partial charge in [0.2, 0.25) is 0 Å². The Hall–Kier alpha value is -1.92. The van der Waals surface area contributed by atoms with Crippen molar-refractivity contribution in [2.45, 2.75) is 18.9 Å². The van der Waals surface area contributed by atoms with E-state index in [0.29, 0.717) is 17.2 Å². The summed E-state index contributed by atoms with van der Waals surface area (Å²) in [6.45, 7) is 1.09. The fraction of sp³-hybridized carbons (Fsp3) is 0.412. The first-order valence-corrected chi connectivity index (χ1v) is 8.66. The molecule has 1 aromatic heterocycles. The van der Waals surface area contributed by atoms with Gasteiger partial charge in [0.05, 0.1) is 0 Å². The predicted octanol–water partition coefficient (Wildman–Crippen LogP) is 2.46. The van der Waals surface area contributed by atoms with E-state index in [1.165, 1.54) is 11.3 Å². The summed E-state index contributed by atoms with van der Waals surface area (Å²) in [6.07, 6.45) is 3.85. The zero-order valence-electron chi connectivity index (χ0n) is 13.5. The van der Waals surface area contributed by atoms with Crippen LogP contribution in [0.1, 0.15) is 23.2 Å². The average Bonchev–Trinajstić information content (AvgIpc) is 2.99. The summed E-state index contributed by atoms with van der Waals surface area (Å²) in [5.41, 5.74) is 8.12. The molecule has 2 aromatic rings. The number of rotatable bonds is 5. The molecule has 0 unspecified atom stereocenters. The highest BCUT2D eigenvalue weighted by molar-refractivity contribution is 7.13. The number of carbonyl (C=O) groups excluding carboxylic acids is 1. The van der Waals surface area contributed by atoms with Crippen molar-refractivity contribution < 1.29 is 4.79 Å². The molecule has 0 spiro atoms. The number of hydrogen-bond donors (Lipinski definition) is 2. The van der Waals surface area contributed by atoms with Crippen molar-refractivity contribution in [2.75, 3.05) is 26.4 Å². The van der Waals surface area contributed by atoms with Crippen molar-refractivity contribution in [1.29, 1.82) is 0 Å². The summed E-state index contributed by atoms with van der Waals surface area (Å²) in [5.74, 6) is 0.656. The molecule has 0 aliphatic heterocycles. The molecule has 1 amide bonds. The number of carbonyl (C=O) groups is 1. The number of nitrogen functional groups attached to an aromatic ring is 1. The van der Waals surface area contributed by atoms with E-state index in [0.717, 1.165) is 30.0 Å². The topological polar surface area (TPSA) is 71.2 Å². The third-order valence-corrected chi connectivity index (χ3v) is 4.98. The van der Waals surface area contributed by atoms with E-state index in [1.54, 1.807) is 18.3 Å². The second-order valence-electron chi connectivity index (χ2n) is 6.41. The Morgan fingerprint density at radius 1 is 1.43 bits per heavy atom.